The van der Waals surface area contributed by atoms with Crippen LogP contribution in [0.4, 0.5) is 0 Å². The Balaban J connectivity index is 2.16. The van der Waals surface area contributed by atoms with Crippen LogP contribution in [0.5, 0.6) is 11.5 Å². The summed E-state index contributed by atoms with van der Waals surface area (Å²) in [5, 5.41) is 3.71. The second-order valence-electron chi connectivity index (χ2n) is 3.85. The van der Waals surface area contributed by atoms with Gasteiger partial charge in [-0.1, -0.05) is 17.7 Å². The van der Waals surface area contributed by atoms with Gasteiger partial charge in [0.1, 0.15) is 11.5 Å². The highest BCUT2D eigenvalue weighted by atomic mass is 127. The molecule has 0 radical (unpaired) electrons. The third-order valence-electron chi connectivity index (χ3n) is 2.42. The normalized spacial score (nSPS) is 10.4. The third kappa shape index (κ3) is 3.60. The Bertz CT molecular complexity index is 528. The first-order chi connectivity index (χ1) is 8.69. The maximum absolute atomic E-state index is 6.19. The zero-order valence-corrected chi connectivity index (χ0v) is 12.8. The minimum Gasteiger partial charge on any atom is -0.456 e. The van der Waals surface area contributed by atoms with Crippen molar-refractivity contribution in [3.05, 3.63) is 56.6 Å². The van der Waals surface area contributed by atoms with Gasteiger partial charge in [-0.2, -0.15) is 0 Å². The summed E-state index contributed by atoms with van der Waals surface area (Å²) >= 11 is 8.45. The van der Waals surface area contributed by atoms with Crippen LogP contribution >= 0.6 is 34.2 Å². The van der Waals surface area contributed by atoms with E-state index in [0.717, 1.165) is 17.9 Å². The van der Waals surface area contributed by atoms with Crippen molar-refractivity contribution < 1.29 is 4.74 Å². The number of rotatable bonds is 4. The zero-order valence-electron chi connectivity index (χ0n) is 9.91. The van der Waals surface area contributed by atoms with Gasteiger partial charge < -0.3 is 10.1 Å². The van der Waals surface area contributed by atoms with E-state index in [1.165, 1.54) is 3.57 Å². The Morgan fingerprint density at radius 2 is 1.89 bits per heavy atom. The van der Waals surface area contributed by atoms with Crippen molar-refractivity contribution in [2.24, 2.45) is 0 Å². The molecule has 0 aliphatic heterocycles. The van der Waals surface area contributed by atoms with Gasteiger partial charge in [0.25, 0.3) is 0 Å². The van der Waals surface area contributed by atoms with E-state index in [1.807, 2.05) is 49.5 Å². The summed E-state index contributed by atoms with van der Waals surface area (Å²) in [4.78, 5) is 0. The summed E-state index contributed by atoms with van der Waals surface area (Å²) in [6.07, 6.45) is 0. The van der Waals surface area contributed by atoms with Crippen LogP contribution in [0.1, 0.15) is 5.56 Å². The van der Waals surface area contributed by atoms with Gasteiger partial charge in [0.15, 0.2) is 0 Å². The lowest BCUT2D eigenvalue weighted by atomic mass is 10.2. The van der Waals surface area contributed by atoms with Gasteiger partial charge in [0, 0.05) is 10.1 Å². The number of ether oxygens (including phenoxy) is 1. The fraction of sp³-hybridized carbons (Fsp3) is 0.143. The summed E-state index contributed by atoms with van der Waals surface area (Å²) in [7, 11) is 1.91. The summed E-state index contributed by atoms with van der Waals surface area (Å²) in [6, 6.07) is 13.7. The molecule has 0 saturated carbocycles. The molecule has 0 saturated heterocycles. The van der Waals surface area contributed by atoms with Gasteiger partial charge in [-0.25, -0.2) is 0 Å². The Hall–Kier alpha value is -0.780. The third-order valence-corrected chi connectivity index (χ3v) is 3.43. The first-order valence-corrected chi connectivity index (χ1v) is 7.01. The molecule has 0 bridgehead atoms. The quantitative estimate of drug-likeness (QED) is 0.799. The van der Waals surface area contributed by atoms with Gasteiger partial charge in [-0.3, -0.25) is 0 Å². The van der Waals surface area contributed by atoms with Crippen molar-refractivity contribution in [1.82, 2.24) is 5.32 Å². The van der Waals surface area contributed by atoms with Crippen molar-refractivity contribution in [2.75, 3.05) is 7.05 Å². The Morgan fingerprint density at radius 3 is 2.50 bits per heavy atom. The first kappa shape index (κ1) is 13.6. The van der Waals surface area contributed by atoms with Crippen LogP contribution in [0.15, 0.2) is 42.5 Å². The molecule has 1 N–H and O–H groups in total. The van der Waals surface area contributed by atoms with E-state index in [2.05, 4.69) is 27.9 Å². The van der Waals surface area contributed by atoms with Crippen LogP contribution in [-0.2, 0) is 6.54 Å². The molecule has 18 heavy (non-hydrogen) atoms. The highest BCUT2D eigenvalue weighted by molar-refractivity contribution is 14.1. The number of benzene rings is 2. The second kappa shape index (κ2) is 6.41. The van der Waals surface area contributed by atoms with Gasteiger partial charge >= 0.3 is 0 Å². The Kier molecular flexibility index (Phi) is 4.86. The minimum absolute atomic E-state index is 0.626. The van der Waals surface area contributed by atoms with Gasteiger partial charge in [-0.15, -0.1) is 0 Å². The summed E-state index contributed by atoms with van der Waals surface area (Å²) < 4.78 is 6.92. The van der Waals surface area contributed by atoms with Crippen LogP contribution in [0, 0.1) is 3.57 Å². The average molecular weight is 374 g/mol. The van der Waals surface area contributed by atoms with E-state index in [4.69, 9.17) is 16.3 Å². The summed E-state index contributed by atoms with van der Waals surface area (Å²) in [6.45, 7) is 0.795. The maximum atomic E-state index is 6.19. The lowest BCUT2D eigenvalue weighted by Gasteiger charge is -2.09. The van der Waals surface area contributed by atoms with E-state index >= 15 is 0 Å². The number of halogens is 2. The van der Waals surface area contributed by atoms with Crippen molar-refractivity contribution in [3.8, 4) is 11.5 Å². The monoisotopic (exact) mass is 373 g/mol. The van der Waals surface area contributed by atoms with E-state index in [-0.39, 0.29) is 0 Å². The molecule has 0 atom stereocenters. The molecule has 0 spiro atoms. The van der Waals surface area contributed by atoms with Crippen LogP contribution < -0.4 is 10.1 Å². The van der Waals surface area contributed by atoms with Crippen molar-refractivity contribution in [2.45, 2.75) is 6.54 Å². The topological polar surface area (TPSA) is 21.3 Å². The van der Waals surface area contributed by atoms with E-state index in [9.17, 15) is 0 Å². The molecule has 0 heterocycles. The van der Waals surface area contributed by atoms with Crippen molar-refractivity contribution >= 4 is 34.2 Å². The molecule has 0 unspecified atom stereocenters. The van der Waals surface area contributed by atoms with E-state index in [1.54, 1.807) is 0 Å². The highest BCUT2D eigenvalue weighted by Crippen LogP contribution is 2.30. The van der Waals surface area contributed by atoms with Crippen LogP contribution in [0.2, 0.25) is 5.02 Å². The number of nitrogens with one attached hydrogen (secondary N) is 1. The first-order valence-electron chi connectivity index (χ1n) is 5.55. The molecule has 2 aromatic rings. The smallest absolute Gasteiger partial charge is 0.146 e. The SMILES string of the molecule is CNCc1ccc(Oc2ccc(I)cc2)c(Cl)c1. The molecule has 4 heteroatoms. The molecule has 0 amide bonds. The van der Waals surface area contributed by atoms with Crippen molar-refractivity contribution in [1.29, 1.82) is 0 Å². The van der Waals surface area contributed by atoms with Gasteiger partial charge in [0.05, 0.1) is 5.02 Å². The number of hydrogen-bond acceptors (Lipinski definition) is 2. The fourth-order valence-electron chi connectivity index (χ4n) is 1.57. The molecular formula is C14H13ClINO. The molecule has 0 aromatic heterocycles. The van der Waals surface area contributed by atoms with E-state index < -0.39 is 0 Å². The molecular weight excluding hydrogens is 361 g/mol. The Morgan fingerprint density at radius 1 is 1.17 bits per heavy atom. The highest BCUT2D eigenvalue weighted by Gasteiger charge is 2.04. The lowest BCUT2D eigenvalue weighted by molar-refractivity contribution is 0.482. The maximum Gasteiger partial charge on any atom is 0.146 e. The fourth-order valence-corrected chi connectivity index (χ4v) is 2.17. The molecule has 94 valence electrons. The summed E-state index contributed by atoms with van der Waals surface area (Å²) in [5.41, 5.74) is 1.14. The molecule has 2 rings (SSSR count). The lowest BCUT2D eigenvalue weighted by Crippen LogP contribution is -2.04. The van der Waals surface area contributed by atoms with Gasteiger partial charge in [0.2, 0.25) is 0 Å². The largest absolute Gasteiger partial charge is 0.456 e. The van der Waals surface area contributed by atoms with Gasteiger partial charge in [-0.05, 0) is 71.6 Å². The van der Waals surface area contributed by atoms with E-state index in [0.29, 0.717) is 10.8 Å². The predicted octanol–water partition coefficient (Wildman–Crippen LogP) is 4.46. The average Bonchev–Trinajstić information content (AvgIpc) is 2.36. The number of hydrogen-bond donors (Lipinski definition) is 1. The standard InChI is InChI=1S/C14H13ClINO/c1-17-9-10-2-7-14(13(15)8-10)18-12-5-3-11(16)4-6-12/h2-8,17H,9H2,1H3. The predicted molar refractivity (Wildman–Crippen MR) is 83.4 cm³/mol. The minimum atomic E-state index is 0.626. The molecule has 2 aromatic carbocycles. The molecule has 0 aliphatic rings. The van der Waals surface area contributed by atoms with Crippen LogP contribution in [-0.4, -0.2) is 7.05 Å². The summed E-state index contributed by atoms with van der Waals surface area (Å²) in [5.74, 6) is 1.47. The molecule has 0 aliphatic carbocycles. The zero-order chi connectivity index (χ0) is 13.0. The Labute approximate surface area is 125 Å². The van der Waals surface area contributed by atoms with Crippen LogP contribution in [0.3, 0.4) is 0 Å². The second-order valence-corrected chi connectivity index (χ2v) is 5.50. The van der Waals surface area contributed by atoms with Crippen LogP contribution in [0.25, 0.3) is 0 Å². The van der Waals surface area contributed by atoms with Crippen molar-refractivity contribution in [3.63, 3.8) is 0 Å². The molecule has 0 fully saturated rings. The molecule has 2 nitrogen and oxygen atoms in total.